The van der Waals surface area contributed by atoms with Crippen LogP contribution in [-0.4, -0.2) is 15.8 Å². The lowest BCUT2D eigenvalue weighted by Crippen LogP contribution is -2.16. The molecule has 0 atom stereocenters. The highest BCUT2D eigenvalue weighted by molar-refractivity contribution is 6.30. The molecule has 0 unspecified atom stereocenters. The third kappa shape index (κ3) is 3.86. The maximum absolute atomic E-state index is 6.07. The minimum Gasteiger partial charge on any atom is -0.310 e. The lowest BCUT2D eigenvalue weighted by molar-refractivity contribution is 0.626. The Morgan fingerprint density at radius 1 is 1.38 bits per heavy atom. The number of halogens is 1. The van der Waals surface area contributed by atoms with Gasteiger partial charge in [0.25, 0.3) is 0 Å². The van der Waals surface area contributed by atoms with Crippen molar-refractivity contribution in [2.75, 3.05) is 0 Å². The molecule has 0 saturated heterocycles. The lowest BCUT2D eigenvalue weighted by atomic mass is 10.1. The first-order chi connectivity index (χ1) is 10.3. The molecule has 1 N–H and O–H groups in total. The molecule has 4 heteroatoms. The molecule has 112 valence electrons. The molecule has 1 fully saturated rings. The fourth-order valence-corrected chi connectivity index (χ4v) is 2.82. The fraction of sp³-hybridized carbons (Fsp3) is 0.471. The van der Waals surface area contributed by atoms with Gasteiger partial charge in [-0.3, -0.25) is 4.68 Å². The minimum absolute atomic E-state index is 0.732. The second-order valence-electron chi connectivity index (χ2n) is 5.81. The van der Waals surface area contributed by atoms with Crippen molar-refractivity contribution in [3.05, 3.63) is 52.3 Å². The maximum Gasteiger partial charge on any atom is 0.0663 e. The van der Waals surface area contributed by atoms with Gasteiger partial charge in [0.1, 0.15) is 0 Å². The molecular formula is C17H22ClN3. The molecular weight excluding hydrogens is 282 g/mol. The Morgan fingerprint density at radius 2 is 2.24 bits per heavy atom. The number of nitrogens with one attached hydrogen (secondary N) is 1. The molecule has 1 aromatic heterocycles. The summed E-state index contributed by atoms with van der Waals surface area (Å²) in [5.41, 5.74) is 3.89. The second-order valence-corrected chi connectivity index (χ2v) is 6.25. The molecule has 1 heterocycles. The van der Waals surface area contributed by atoms with Crippen LogP contribution in [0.1, 0.15) is 43.0 Å². The van der Waals surface area contributed by atoms with Gasteiger partial charge < -0.3 is 5.32 Å². The number of aromatic nitrogens is 2. The number of benzene rings is 1. The zero-order chi connectivity index (χ0) is 14.7. The summed E-state index contributed by atoms with van der Waals surface area (Å²) < 4.78 is 2.12. The molecule has 3 rings (SSSR count). The van der Waals surface area contributed by atoms with Crippen LogP contribution in [0.3, 0.4) is 0 Å². The average Bonchev–Trinajstić information content (AvgIpc) is 3.22. The summed E-state index contributed by atoms with van der Waals surface area (Å²) in [6, 6.07) is 8.75. The van der Waals surface area contributed by atoms with Crippen molar-refractivity contribution in [3.63, 3.8) is 0 Å². The molecule has 3 nitrogen and oxygen atoms in total. The molecule has 0 aliphatic heterocycles. The van der Waals surface area contributed by atoms with E-state index < -0.39 is 0 Å². The fourth-order valence-electron chi connectivity index (χ4n) is 2.61. The molecule has 2 aromatic rings. The van der Waals surface area contributed by atoms with E-state index >= 15 is 0 Å². The zero-order valence-corrected chi connectivity index (χ0v) is 13.2. The van der Waals surface area contributed by atoms with E-state index in [2.05, 4.69) is 28.1 Å². The summed E-state index contributed by atoms with van der Waals surface area (Å²) in [5.74, 6) is 0. The van der Waals surface area contributed by atoms with Crippen LogP contribution in [0, 0.1) is 0 Å². The van der Waals surface area contributed by atoms with E-state index in [0.717, 1.165) is 37.0 Å². The van der Waals surface area contributed by atoms with Crippen LogP contribution < -0.4 is 5.32 Å². The van der Waals surface area contributed by atoms with E-state index in [-0.39, 0.29) is 0 Å². The second kappa shape index (κ2) is 6.63. The van der Waals surface area contributed by atoms with Crippen molar-refractivity contribution < 1.29 is 0 Å². The quantitative estimate of drug-likeness (QED) is 0.843. The first-order valence-corrected chi connectivity index (χ1v) is 8.15. The Labute approximate surface area is 131 Å². The van der Waals surface area contributed by atoms with Gasteiger partial charge in [-0.15, -0.1) is 0 Å². The molecule has 21 heavy (non-hydrogen) atoms. The van der Waals surface area contributed by atoms with Gasteiger partial charge in [-0.1, -0.05) is 37.1 Å². The first kappa shape index (κ1) is 14.6. The van der Waals surface area contributed by atoms with Crippen molar-refractivity contribution in [2.45, 2.75) is 51.7 Å². The van der Waals surface area contributed by atoms with Crippen molar-refractivity contribution in [1.29, 1.82) is 0 Å². The van der Waals surface area contributed by atoms with E-state index in [4.69, 9.17) is 11.6 Å². The number of nitrogens with zero attached hydrogens (tertiary/aromatic N) is 2. The van der Waals surface area contributed by atoms with Crippen LogP contribution in [0.2, 0.25) is 5.02 Å². The Morgan fingerprint density at radius 3 is 2.95 bits per heavy atom. The van der Waals surface area contributed by atoms with Crippen LogP contribution in [0.5, 0.6) is 0 Å². The first-order valence-electron chi connectivity index (χ1n) is 7.77. The van der Waals surface area contributed by atoms with E-state index in [0.29, 0.717) is 0 Å². The van der Waals surface area contributed by atoms with Gasteiger partial charge in [-0.2, -0.15) is 5.10 Å². The summed E-state index contributed by atoms with van der Waals surface area (Å²) >= 11 is 6.07. The monoisotopic (exact) mass is 303 g/mol. The summed E-state index contributed by atoms with van der Waals surface area (Å²) in [6.45, 7) is 3.95. The smallest absolute Gasteiger partial charge is 0.0663 e. The third-order valence-corrected chi connectivity index (χ3v) is 4.14. The normalized spacial score (nSPS) is 14.6. The van der Waals surface area contributed by atoms with Gasteiger partial charge in [0, 0.05) is 28.9 Å². The number of hydrogen-bond donors (Lipinski definition) is 1. The van der Waals surface area contributed by atoms with Crippen molar-refractivity contribution >= 4 is 11.6 Å². The van der Waals surface area contributed by atoms with E-state index in [1.54, 1.807) is 0 Å². The van der Waals surface area contributed by atoms with Crippen LogP contribution in [0.25, 0.3) is 0 Å². The highest BCUT2D eigenvalue weighted by Gasteiger charge is 2.21. The van der Waals surface area contributed by atoms with Crippen molar-refractivity contribution in [3.8, 4) is 0 Å². The Balaban J connectivity index is 1.76. The molecule has 0 bridgehead atoms. The number of rotatable bonds is 7. The third-order valence-electron chi connectivity index (χ3n) is 3.90. The highest BCUT2D eigenvalue weighted by Crippen LogP contribution is 2.21. The largest absolute Gasteiger partial charge is 0.310 e. The predicted octanol–water partition coefficient (Wildman–Crippen LogP) is 3.79. The van der Waals surface area contributed by atoms with Crippen LogP contribution >= 0.6 is 11.6 Å². The Kier molecular flexibility index (Phi) is 4.61. The predicted molar refractivity (Wildman–Crippen MR) is 86.6 cm³/mol. The maximum atomic E-state index is 6.07. The Bertz CT molecular complexity index is 602. The number of hydrogen-bond acceptors (Lipinski definition) is 2. The van der Waals surface area contributed by atoms with Crippen LogP contribution in [0.4, 0.5) is 0 Å². The van der Waals surface area contributed by atoms with Crippen LogP contribution in [-0.2, 0) is 19.5 Å². The summed E-state index contributed by atoms with van der Waals surface area (Å²) in [7, 11) is 0. The lowest BCUT2D eigenvalue weighted by Gasteiger charge is -2.10. The standard InChI is InChI=1S/C17H22ClN3/c1-2-4-17-14(10-19-16-7-8-16)11-20-21(17)12-13-5-3-6-15(18)9-13/h3,5-6,9,11,16,19H,2,4,7-8,10,12H2,1H3. The summed E-state index contributed by atoms with van der Waals surface area (Å²) in [6.07, 6.45) is 6.87. The van der Waals surface area contributed by atoms with Crippen molar-refractivity contribution in [2.24, 2.45) is 0 Å². The zero-order valence-electron chi connectivity index (χ0n) is 12.5. The average molecular weight is 304 g/mol. The van der Waals surface area contributed by atoms with Gasteiger partial charge >= 0.3 is 0 Å². The molecule has 1 aromatic carbocycles. The molecule has 0 amide bonds. The SMILES string of the molecule is CCCc1c(CNC2CC2)cnn1Cc1cccc(Cl)c1. The molecule has 1 aliphatic carbocycles. The van der Waals surface area contributed by atoms with Crippen LogP contribution in [0.15, 0.2) is 30.5 Å². The van der Waals surface area contributed by atoms with Crippen molar-refractivity contribution in [1.82, 2.24) is 15.1 Å². The molecule has 1 saturated carbocycles. The Hall–Kier alpha value is -1.32. The van der Waals surface area contributed by atoms with E-state index in [1.165, 1.54) is 29.7 Å². The van der Waals surface area contributed by atoms with E-state index in [9.17, 15) is 0 Å². The van der Waals surface area contributed by atoms with Gasteiger partial charge in [0.2, 0.25) is 0 Å². The molecule has 0 spiro atoms. The van der Waals surface area contributed by atoms with Gasteiger partial charge in [0.05, 0.1) is 12.7 Å². The van der Waals surface area contributed by atoms with E-state index in [1.807, 2.05) is 24.4 Å². The highest BCUT2D eigenvalue weighted by atomic mass is 35.5. The summed E-state index contributed by atoms with van der Waals surface area (Å²) in [5, 5.41) is 8.96. The van der Waals surface area contributed by atoms with Gasteiger partial charge in [-0.05, 0) is 37.0 Å². The van der Waals surface area contributed by atoms with Gasteiger partial charge in [-0.25, -0.2) is 0 Å². The minimum atomic E-state index is 0.732. The molecule has 0 radical (unpaired) electrons. The summed E-state index contributed by atoms with van der Waals surface area (Å²) in [4.78, 5) is 0. The molecule has 1 aliphatic rings. The topological polar surface area (TPSA) is 29.9 Å². The van der Waals surface area contributed by atoms with Gasteiger partial charge in [0.15, 0.2) is 0 Å².